The molecule has 0 saturated heterocycles. The zero-order valence-corrected chi connectivity index (χ0v) is 23.6. The van der Waals surface area contributed by atoms with E-state index in [4.69, 9.17) is 19.6 Å². The zero-order chi connectivity index (χ0) is 27.7. The average molecular weight is 599 g/mol. The fraction of sp³-hybridized carbons (Fsp3) is 0.222. The summed E-state index contributed by atoms with van der Waals surface area (Å²) in [5, 5.41) is 13.2. The van der Waals surface area contributed by atoms with Crippen molar-refractivity contribution < 1.29 is 45.4 Å². The van der Waals surface area contributed by atoms with Crippen molar-refractivity contribution in [2.24, 2.45) is 0 Å². The fourth-order valence-electron chi connectivity index (χ4n) is 4.15. The predicted molar refractivity (Wildman–Crippen MR) is 143 cm³/mol. The van der Waals surface area contributed by atoms with Gasteiger partial charge in [0.2, 0.25) is 12.2 Å². The molecule has 1 aliphatic heterocycles. The molecule has 1 heterocycles. The number of nitro groups is 1. The van der Waals surface area contributed by atoms with E-state index >= 15 is 0 Å². The van der Waals surface area contributed by atoms with Crippen molar-refractivity contribution in [3.05, 3.63) is 69.6 Å². The van der Waals surface area contributed by atoms with Crippen molar-refractivity contribution in [3.8, 4) is 22.5 Å². The minimum atomic E-state index is -0.973. The van der Waals surface area contributed by atoms with Crippen molar-refractivity contribution in [1.29, 1.82) is 0 Å². The van der Waals surface area contributed by atoms with Gasteiger partial charge in [0.1, 0.15) is 31.1 Å². The minimum Gasteiger partial charge on any atom is -1.00 e. The first-order valence-corrected chi connectivity index (χ1v) is 11.6. The van der Waals surface area contributed by atoms with Gasteiger partial charge in [0.15, 0.2) is 0 Å². The summed E-state index contributed by atoms with van der Waals surface area (Å²) < 4.78 is 18.1. The van der Waals surface area contributed by atoms with E-state index in [1.54, 1.807) is 0 Å². The van der Waals surface area contributed by atoms with Crippen molar-refractivity contribution in [1.82, 2.24) is 4.58 Å². The molecule has 11 nitrogen and oxygen atoms in total. The topological polar surface area (TPSA) is 141 Å². The summed E-state index contributed by atoms with van der Waals surface area (Å²) in [5.74, 6) is -1.09. The molecule has 204 valence electrons. The number of carbonyl (C=O) groups is 2. The third kappa shape index (κ3) is 5.70. The van der Waals surface area contributed by atoms with E-state index in [2.05, 4.69) is 0 Å². The summed E-state index contributed by atoms with van der Waals surface area (Å²) in [6.07, 6.45) is 0. The summed E-state index contributed by atoms with van der Waals surface area (Å²) >= 11 is 0. The van der Waals surface area contributed by atoms with E-state index in [0.717, 1.165) is 18.0 Å². The minimum absolute atomic E-state index is 0. The number of benzene rings is 3. The molecule has 0 fully saturated rings. The van der Waals surface area contributed by atoms with Crippen molar-refractivity contribution >= 4 is 40.0 Å². The molecule has 2 aliphatic rings. The van der Waals surface area contributed by atoms with Crippen LogP contribution in [0.2, 0.25) is 0 Å². The Morgan fingerprint density at radius 3 is 2.33 bits per heavy atom. The number of nitrogen functional groups attached to an aromatic ring is 1. The van der Waals surface area contributed by atoms with Crippen LogP contribution in [-0.4, -0.2) is 51.8 Å². The second-order valence-corrected chi connectivity index (χ2v) is 8.99. The quantitative estimate of drug-likeness (QED) is 0.0637. The summed E-state index contributed by atoms with van der Waals surface area (Å²) in [5.41, 5.74) is 8.12. The van der Waals surface area contributed by atoms with E-state index in [0.29, 0.717) is 33.4 Å². The van der Waals surface area contributed by atoms with Crippen LogP contribution in [0.15, 0.2) is 52.9 Å². The molecule has 0 unspecified atom stereocenters. The van der Waals surface area contributed by atoms with Crippen LogP contribution in [0.25, 0.3) is 33.4 Å². The molecule has 0 aromatic heterocycles. The van der Waals surface area contributed by atoms with Crippen LogP contribution in [0.4, 0.5) is 17.1 Å². The van der Waals surface area contributed by atoms with Gasteiger partial charge in [-0.15, -0.1) is 0 Å². The maximum atomic E-state index is 13.2. The monoisotopic (exact) mass is 598 g/mol. The molecule has 2 N–H and O–H groups in total. The highest BCUT2D eigenvalue weighted by molar-refractivity contribution is 6.11. The lowest BCUT2D eigenvalue weighted by Gasteiger charge is -2.19. The van der Waals surface area contributed by atoms with Gasteiger partial charge in [0.25, 0.3) is 5.69 Å². The Morgan fingerprint density at radius 1 is 1.03 bits per heavy atom. The van der Waals surface area contributed by atoms with Crippen LogP contribution in [0.3, 0.4) is 0 Å². The molecule has 0 radical (unpaired) electrons. The predicted octanol–water partition coefficient (Wildman–Crippen LogP) is 0.474. The number of nitro benzene ring substituents is 1. The van der Waals surface area contributed by atoms with Gasteiger partial charge in [-0.3, -0.25) is 14.9 Å². The van der Waals surface area contributed by atoms with Gasteiger partial charge in [-0.2, -0.15) is 0 Å². The average Bonchev–Trinajstić information content (AvgIpc) is 2.85. The van der Waals surface area contributed by atoms with Gasteiger partial charge in [-0.1, -0.05) is 0 Å². The van der Waals surface area contributed by atoms with Crippen LogP contribution in [0.5, 0.6) is 0 Å². The number of halogens is 1. The smallest absolute Gasteiger partial charge is 0.344 e. The van der Waals surface area contributed by atoms with E-state index < -0.39 is 29.3 Å². The van der Waals surface area contributed by atoms with Gasteiger partial charge in [0, 0.05) is 67.0 Å². The van der Waals surface area contributed by atoms with Gasteiger partial charge in [-0.05, 0) is 24.3 Å². The number of carbonyl (C=O) groups excluding carboxylic acids is 2. The number of ether oxygens (including phenoxy) is 2. The Labute approximate surface area is 234 Å². The zero-order valence-electron chi connectivity index (χ0n) is 22.0. The standard InChI is InChI=1S/C27H26N4O7.BrH/c1-15(32)36-14-37-27(33)25-20(10-11-21(26(25)28)31(34)35)24-18-8-6-16(29(2)3)12-22(18)38-23-13-17(30(4)5)7-9-19(23)24;/h6-13H,14H2,1-5H3,(H-,28,33);1H. The number of anilines is 2. The van der Waals surface area contributed by atoms with Crippen LogP contribution in [0.1, 0.15) is 17.3 Å². The highest BCUT2D eigenvalue weighted by atomic mass is 79.9. The molecular formula is C27H27BrN4O7. The summed E-state index contributed by atoms with van der Waals surface area (Å²) in [6.45, 7) is 0.496. The second-order valence-electron chi connectivity index (χ2n) is 8.99. The molecule has 2 aromatic rings. The number of rotatable bonds is 6. The molecular weight excluding hydrogens is 572 g/mol. The van der Waals surface area contributed by atoms with E-state index in [9.17, 15) is 19.7 Å². The lowest BCUT2D eigenvalue weighted by Crippen LogP contribution is -3.00. The number of hydrogen-bond acceptors (Lipinski definition) is 9. The molecule has 2 aromatic carbocycles. The van der Waals surface area contributed by atoms with Gasteiger partial charge < -0.3 is 41.5 Å². The molecule has 0 amide bonds. The number of nitrogens with zero attached hydrogens (tertiary/aromatic N) is 3. The first-order valence-electron chi connectivity index (χ1n) is 11.6. The Bertz CT molecular complexity index is 1640. The Morgan fingerprint density at radius 2 is 1.72 bits per heavy atom. The molecule has 0 saturated carbocycles. The highest BCUT2D eigenvalue weighted by Gasteiger charge is 2.29. The molecule has 12 heteroatoms. The van der Waals surface area contributed by atoms with Gasteiger partial charge in [-0.25, -0.2) is 9.37 Å². The normalized spacial score (nSPS) is 10.6. The van der Waals surface area contributed by atoms with Crippen molar-refractivity contribution in [2.45, 2.75) is 6.92 Å². The van der Waals surface area contributed by atoms with Gasteiger partial charge in [0.05, 0.1) is 16.6 Å². The Hall–Kier alpha value is -4.45. The third-order valence-electron chi connectivity index (χ3n) is 6.07. The van der Waals surface area contributed by atoms with Crippen LogP contribution in [0, 0.1) is 10.1 Å². The van der Waals surface area contributed by atoms with E-state index in [-0.39, 0.29) is 28.2 Å². The number of hydrogen-bond donors (Lipinski definition) is 1. The molecule has 1 aliphatic carbocycles. The molecule has 0 spiro atoms. The molecule has 39 heavy (non-hydrogen) atoms. The number of fused-ring (bicyclic) bond motifs is 2. The Kier molecular flexibility index (Phi) is 8.60. The summed E-state index contributed by atoms with van der Waals surface area (Å²) in [7, 11) is 7.62. The van der Waals surface area contributed by atoms with Crippen LogP contribution >= 0.6 is 0 Å². The summed E-state index contributed by atoms with van der Waals surface area (Å²) in [6, 6.07) is 14.0. The van der Waals surface area contributed by atoms with Crippen molar-refractivity contribution in [2.75, 3.05) is 45.6 Å². The van der Waals surface area contributed by atoms with E-state index in [1.807, 2.05) is 74.1 Å². The largest absolute Gasteiger partial charge is 1.00 e. The number of nitrogens with two attached hydrogens (primary N) is 1. The molecule has 0 atom stereocenters. The Balaban J connectivity index is 0.00000420. The van der Waals surface area contributed by atoms with Crippen LogP contribution in [-0.2, 0) is 14.3 Å². The first kappa shape index (κ1) is 29.1. The SMILES string of the molecule is CC(=O)OCOC(=O)c1c(-c2c3ccc(=[N+](C)C)cc-3oc3cc(N(C)C)ccc23)ccc([N+](=O)[O-])c1N.[Br-]. The highest BCUT2D eigenvalue weighted by Crippen LogP contribution is 2.44. The fourth-order valence-corrected chi connectivity index (χ4v) is 4.15. The van der Waals surface area contributed by atoms with Crippen molar-refractivity contribution in [3.63, 3.8) is 0 Å². The maximum absolute atomic E-state index is 13.2. The van der Waals surface area contributed by atoms with Gasteiger partial charge >= 0.3 is 11.9 Å². The maximum Gasteiger partial charge on any atom is 0.344 e. The lowest BCUT2D eigenvalue weighted by molar-refractivity contribution is -0.383. The second kappa shape index (κ2) is 11.5. The number of esters is 2. The summed E-state index contributed by atoms with van der Waals surface area (Å²) in [4.78, 5) is 37.3. The third-order valence-corrected chi connectivity index (χ3v) is 6.07. The lowest BCUT2D eigenvalue weighted by atomic mass is 9.89. The molecule has 4 rings (SSSR count). The molecule has 0 bridgehead atoms. The van der Waals surface area contributed by atoms with E-state index in [1.165, 1.54) is 12.1 Å². The first-order chi connectivity index (χ1) is 18.0. The van der Waals surface area contributed by atoms with Crippen LogP contribution < -0.4 is 37.5 Å².